The fourth-order valence-electron chi connectivity index (χ4n) is 1.71. The minimum atomic E-state index is -2.04. The lowest BCUT2D eigenvalue weighted by Gasteiger charge is -2.09. The van der Waals surface area contributed by atoms with Gasteiger partial charge in [0.15, 0.2) is 0 Å². The average molecular weight is 356 g/mol. The van der Waals surface area contributed by atoms with Crippen molar-refractivity contribution in [3.63, 3.8) is 0 Å². The smallest absolute Gasteiger partial charge is 0.423 e. The number of anilines is 1. The van der Waals surface area contributed by atoms with E-state index in [9.17, 15) is 13.6 Å². The molecular weight excluding hydrogens is 347 g/mol. The van der Waals surface area contributed by atoms with Crippen LogP contribution in [0.4, 0.5) is 14.5 Å². The molecular formula is C13H9BBrF2NO3. The Bertz CT molecular complexity index is 697. The van der Waals surface area contributed by atoms with Gasteiger partial charge >= 0.3 is 7.12 Å². The summed E-state index contributed by atoms with van der Waals surface area (Å²) in [6, 6.07) is 7.58. The normalized spacial score (nSPS) is 10.3. The molecule has 0 saturated heterocycles. The molecule has 0 radical (unpaired) electrons. The summed E-state index contributed by atoms with van der Waals surface area (Å²) in [5, 5.41) is 20.2. The summed E-state index contributed by atoms with van der Waals surface area (Å²) in [6.07, 6.45) is 0. The number of benzene rings is 2. The summed E-state index contributed by atoms with van der Waals surface area (Å²) in [4.78, 5) is 12.0. The van der Waals surface area contributed by atoms with Crippen LogP contribution in [-0.2, 0) is 0 Å². The minimum Gasteiger partial charge on any atom is -0.423 e. The van der Waals surface area contributed by atoms with Crippen LogP contribution in [0, 0.1) is 11.6 Å². The van der Waals surface area contributed by atoms with Crippen LogP contribution < -0.4 is 10.8 Å². The molecule has 21 heavy (non-hydrogen) atoms. The van der Waals surface area contributed by atoms with E-state index in [2.05, 4.69) is 21.2 Å². The Morgan fingerprint density at radius 3 is 2.52 bits per heavy atom. The summed E-state index contributed by atoms with van der Waals surface area (Å²) in [7, 11) is -2.04. The second kappa shape index (κ2) is 6.34. The lowest BCUT2D eigenvalue weighted by Crippen LogP contribution is -2.34. The van der Waals surface area contributed by atoms with E-state index < -0.39 is 35.7 Å². The molecule has 3 N–H and O–H groups in total. The highest BCUT2D eigenvalue weighted by Crippen LogP contribution is 2.20. The number of nitrogens with one attached hydrogen (secondary N) is 1. The minimum absolute atomic E-state index is 0.113. The Hall–Kier alpha value is -1.77. The molecule has 0 fully saturated rings. The van der Waals surface area contributed by atoms with Gasteiger partial charge in [0.05, 0.1) is 11.3 Å². The molecule has 108 valence electrons. The number of rotatable bonds is 3. The summed E-state index contributed by atoms with van der Waals surface area (Å²) < 4.78 is 28.1. The third-order valence-corrected chi connectivity index (χ3v) is 3.22. The highest BCUT2D eigenvalue weighted by molar-refractivity contribution is 9.10. The fraction of sp³-hybridized carbons (Fsp3) is 0. The topological polar surface area (TPSA) is 69.6 Å². The number of carbonyl (C=O) groups is 1. The summed E-state index contributed by atoms with van der Waals surface area (Å²) >= 11 is 3.08. The first-order chi connectivity index (χ1) is 9.90. The van der Waals surface area contributed by atoms with Crippen molar-refractivity contribution in [1.82, 2.24) is 0 Å². The van der Waals surface area contributed by atoms with E-state index in [1.807, 2.05) is 0 Å². The fourth-order valence-corrected chi connectivity index (χ4v) is 2.04. The summed E-state index contributed by atoms with van der Waals surface area (Å²) in [6.45, 7) is 0. The van der Waals surface area contributed by atoms with E-state index in [0.717, 1.165) is 18.2 Å². The first-order valence-electron chi connectivity index (χ1n) is 5.81. The highest BCUT2D eigenvalue weighted by Gasteiger charge is 2.22. The van der Waals surface area contributed by atoms with Gasteiger partial charge in [-0.25, -0.2) is 8.78 Å². The third kappa shape index (κ3) is 3.47. The van der Waals surface area contributed by atoms with E-state index in [-0.39, 0.29) is 5.69 Å². The second-order valence-electron chi connectivity index (χ2n) is 4.16. The maximum atomic E-state index is 14.0. The quantitative estimate of drug-likeness (QED) is 0.733. The number of halogens is 3. The zero-order chi connectivity index (χ0) is 15.6. The van der Waals surface area contributed by atoms with Gasteiger partial charge in [-0.05, 0) is 24.3 Å². The first-order valence-corrected chi connectivity index (χ1v) is 6.60. The molecule has 0 unspecified atom stereocenters. The van der Waals surface area contributed by atoms with Gasteiger partial charge in [0.1, 0.15) is 11.6 Å². The van der Waals surface area contributed by atoms with Crippen LogP contribution in [0.2, 0.25) is 0 Å². The molecule has 4 nitrogen and oxygen atoms in total. The van der Waals surface area contributed by atoms with E-state index in [1.54, 1.807) is 0 Å². The Morgan fingerprint density at radius 1 is 1.19 bits per heavy atom. The van der Waals surface area contributed by atoms with Gasteiger partial charge in [-0.1, -0.05) is 28.1 Å². The third-order valence-electron chi connectivity index (χ3n) is 2.73. The van der Waals surface area contributed by atoms with Crippen LogP contribution in [0.15, 0.2) is 40.9 Å². The zero-order valence-corrected chi connectivity index (χ0v) is 12.1. The van der Waals surface area contributed by atoms with Crippen LogP contribution in [0.25, 0.3) is 0 Å². The Labute approximate surface area is 127 Å². The van der Waals surface area contributed by atoms with Crippen LogP contribution in [-0.4, -0.2) is 23.1 Å². The number of amides is 1. The molecule has 0 aliphatic heterocycles. The van der Waals surface area contributed by atoms with E-state index in [4.69, 9.17) is 10.0 Å². The molecule has 2 aromatic carbocycles. The standard InChI is InChI=1S/C13H9BBrF2NO3/c15-7-4-5-11(10(16)6-7)18-13(19)8-2-1-3-9(12(8)17)14(20)21/h1-6,20-21H,(H,18,19). The molecule has 2 rings (SSSR count). The number of carbonyl (C=O) groups excluding carboxylic acids is 1. The largest absolute Gasteiger partial charge is 0.491 e. The predicted molar refractivity (Wildman–Crippen MR) is 78.3 cm³/mol. The highest BCUT2D eigenvalue weighted by atomic mass is 79.9. The van der Waals surface area contributed by atoms with Crippen molar-refractivity contribution in [2.24, 2.45) is 0 Å². The van der Waals surface area contributed by atoms with Crippen molar-refractivity contribution < 1.29 is 23.6 Å². The van der Waals surface area contributed by atoms with Gasteiger partial charge in [0, 0.05) is 9.94 Å². The Balaban J connectivity index is 2.31. The lowest BCUT2D eigenvalue weighted by atomic mass is 9.79. The molecule has 0 aliphatic carbocycles. The van der Waals surface area contributed by atoms with Crippen LogP contribution in [0.3, 0.4) is 0 Å². The predicted octanol–water partition coefficient (Wildman–Crippen LogP) is 1.66. The molecule has 0 spiro atoms. The number of hydrogen-bond acceptors (Lipinski definition) is 3. The van der Waals surface area contributed by atoms with Crippen molar-refractivity contribution in [3.05, 3.63) is 58.1 Å². The van der Waals surface area contributed by atoms with Gasteiger partial charge in [0.25, 0.3) is 5.91 Å². The second-order valence-corrected chi connectivity index (χ2v) is 5.08. The molecule has 8 heteroatoms. The van der Waals surface area contributed by atoms with Crippen LogP contribution >= 0.6 is 15.9 Å². The van der Waals surface area contributed by atoms with Crippen molar-refractivity contribution in [2.45, 2.75) is 0 Å². The van der Waals surface area contributed by atoms with Crippen molar-refractivity contribution in [1.29, 1.82) is 0 Å². The van der Waals surface area contributed by atoms with Gasteiger partial charge in [0.2, 0.25) is 0 Å². The van der Waals surface area contributed by atoms with E-state index >= 15 is 0 Å². The summed E-state index contributed by atoms with van der Waals surface area (Å²) in [5.74, 6) is -2.64. The zero-order valence-electron chi connectivity index (χ0n) is 10.5. The van der Waals surface area contributed by atoms with Gasteiger partial charge in [-0.3, -0.25) is 4.79 Å². The molecule has 0 heterocycles. The molecule has 1 amide bonds. The van der Waals surface area contributed by atoms with Crippen molar-refractivity contribution >= 4 is 40.1 Å². The van der Waals surface area contributed by atoms with Gasteiger partial charge < -0.3 is 15.4 Å². The maximum Gasteiger partial charge on any atom is 0.491 e. The Kier molecular flexibility index (Phi) is 4.71. The summed E-state index contributed by atoms with van der Waals surface area (Å²) in [5.41, 5.74) is -0.959. The lowest BCUT2D eigenvalue weighted by molar-refractivity contribution is 0.102. The van der Waals surface area contributed by atoms with Gasteiger partial charge in [-0.2, -0.15) is 0 Å². The van der Waals surface area contributed by atoms with Crippen molar-refractivity contribution in [3.8, 4) is 0 Å². The van der Waals surface area contributed by atoms with E-state index in [0.29, 0.717) is 4.47 Å². The monoisotopic (exact) mass is 355 g/mol. The SMILES string of the molecule is O=C(Nc1ccc(Br)cc1F)c1cccc(B(O)O)c1F. The first kappa shape index (κ1) is 15.6. The molecule has 0 atom stereocenters. The Morgan fingerprint density at radius 2 is 1.90 bits per heavy atom. The molecule has 0 bridgehead atoms. The van der Waals surface area contributed by atoms with Crippen LogP contribution in [0.5, 0.6) is 0 Å². The average Bonchev–Trinajstić information content (AvgIpc) is 2.41. The molecule has 0 saturated carbocycles. The number of hydrogen-bond donors (Lipinski definition) is 3. The van der Waals surface area contributed by atoms with Crippen LogP contribution in [0.1, 0.15) is 10.4 Å². The van der Waals surface area contributed by atoms with Crippen molar-refractivity contribution in [2.75, 3.05) is 5.32 Å². The molecule has 0 aliphatic rings. The molecule has 2 aromatic rings. The maximum absolute atomic E-state index is 14.0. The van der Waals surface area contributed by atoms with Gasteiger partial charge in [-0.15, -0.1) is 0 Å². The van der Waals surface area contributed by atoms with E-state index in [1.165, 1.54) is 18.2 Å². The molecule has 0 aromatic heterocycles.